The van der Waals surface area contributed by atoms with E-state index in [4.69, 9.17) is 11.6 Å². The molecule has 110 valence electrons. The zero-order chi connectivity index (χ0) is 15.5. The third-order valence-electron chi connectivity index (χ3n) is 3.23. The Balaban J connectivity index is 2.00. The number of hydrogen-bond acceptors (Lipinski definition) is 2. The summed E-state index contributed by atoms with van der Waals surface area (Å²) in [6.45, 7) is 3.89. The fourth-order valence-corrected chi connectivity index (χ4v) is 2.17. The van der Waals surface area contributed by atoms with Crippen molar-refractivity contribution in [2.24, 2.45) is 0 Å². The van der Waals surface area contributed by atoms with E-state index in [-0.39, 0.29) is 5.91 Å². The van der Waals surface area contributed by atoms with E-state index in [0.29, 0.717) is 17.1 Å². The Labute approximate surface area is 129 Å². The van der Waals surface area contributed by atoms with Crippen molar-refractivity contribution in [2.75, 3.05) is 0 Å². The minimum absolute atomic E-state index is 0.202. The smallest absolute Gasteiger partial charge is 0.253 e. The first-order valence-corrected chi connectivity index (χ1v) is 7.10. The average Bonchev–Trinajstić information content (AvgIpc) is 2.45. The Morgan fingerprint density at radius 1 is 1.14 bits per heavy atom. The van der Waals surface area contributed by atoms with E-state index >= 15 is 0 Å². The highest BCUT2D eigenvalue weighted by molar-refractivity contribution is 6.33. The monoisotopic (exact) mass is 303 g/mol. The first kappa shape index (κ1) is 15.5. The first-order chi connectivity index (χ1) is 9.88. The molecular formula is C17H18ClNO2. The highest BCUT2D eigenvalue weighted by Crippen LogP contribution is 2.20. The van der Waals surface area contributed by atoms with Gasteiger partial charge in [-0.2, -0.15) is 0 Å². The SMILES string of the molecule is CC(C)(O)c1ccc(CNC(=O)c2ccccc2Cl)cc1. The number of nitrogens with one attached hydrogen (secondary N) is 1. The van der Waals surface area contributed by atoms with E-state index in [1.54, 1.807) is 38.1 Å². The molecule has 0 spiro atoms. The van der Waals surface area contributed by atoms with Crippen LogP contribution in [0.25, 0.3) is 0 Å². The number of rotatable bonds is 4. The van der Waals surface area contributed by atoms with E-state index in [2.05, 4.69) is 5.32 Å². The number of halogens is 1. The topological polar surface area (TPSA) is 49.3 Å². The van der Waals surface area contributed by atoms with E-state index < -0.39 is 5.60 Å². The van der Waals surface area contributed by atoms with Crippen LogP contribution >= 0.6 is 11.6 Å². The van der Waals surface area contributed by atoms with Crippen molar-refractivity contribution in [3.63, 3.8) is 0 Å². The van der Waals surface area contributed by atoms with Crippen LogP contribution in [-0.2, 0) is 12.1 Å². The van der Waals surface area contributed by atoms with Gasteiger partial charge < -0.3 is 10.4 Å². The Morgan fingerprint density at radius 3 is 2.33 bits per heavy atom. The fraction of sp³-hybridized carbons (Fsp3) is 0.235. The first-order valence-electron chi connectivity index (χ1n) is 6.72. The second-order valence-electron chi connectivity index (χ2n) is 5.42. The van der Waals surface area contributed by atoms with Crippen molar-refractivity contribution in [1.82, 2.24) is 5.32 Å². The average molecular weight is 304 g/mol. The summed E-state index contributed by atoms with van der Waals surface area (Å²) in [6.07, 6.45) is 0. The maximum absolute atomic E-state index is 12.0. The summed E-state index contributed by atoms with van der Waals surface area (Å²) < 4.78 is 0. The summed E-state index contributed by atoms with van der Waals surface area (Å²) in [4.78, 5) is 12.0. The summed E-state index contributed by atoms with van der Waals surface area (Å²) in [7, 11) is 0. The lowest BCUT2D eigenvalue weighted by Gasteiger charge is -2.18. The Kier molecular flexibility index (Phi) is 4.66. The predicted octanol–water partition coefficient (Wildman–Crippen LogP) is 3.50. The van der Waals surface area contributed by atoms with Gasteiger partial charge in [0.05, 0.1) is 16.2 Å². The van der Waals surface area contributed by atoms with Gasteiger partial charge in [0.15, 0.2) is 0 Å². The molecule has 0 saturated carbocycles. The van der Waals surface area contributed by atoms with Crippen LogP contribution in [0.15, 0.2) is 48.5 Å². The highest BCUT2D eigenvalue weighted by atomic mass is 35.5. The van der Waals surface area contributed by atoms with E-state index in [9.17, 15) is 9.90 Å². The molecule has 4 heteroatoms. The molecule has 2 aromatic rings. The highest BCUT2D eigenvalue weighted by Gasteiger charge is 2.15. The number of amides is 1. The van der Waals surface area contributed by atoms with Gasteiger partial charge in [-0.05, 0) is 37.1 Å². The second kappa shape index (κ2) is 6.29. The minimum atomic E-state index is -0.862. The van der Waals surface area contributed by atoms with E-state index in [1.807, 2.05) is 24.3 Å². The van der Waals surface area contributed by atoms with Gasteiger partial charge in [0.25, 0.3) is 5.91 Å². The summed E-state index contributed by atoms with van der Waals surface area (Å²) >= 11 is 5.98. The minimum Gasteiger partial charge on any atom is -0.386 e. The number of aliphatic hydroxyl groups is 1. The quantitative estimate of drug-likeness (QED) is 0.908. The molecule has 2 N–H and O–H groups in total. The molecule has 2 aromatic carbocycles. The van der Waals surface area contributed by atoms with Crippen molar-refractivity contribution in [3.05, 3.63) is 70.2 Å². The molecule has 3 nitrogen and oxygen atoms in total. The molecule has 0 unspecified atom stereocenters. The molecule has 0 radical (unpaired) electrons. The van der Waals surface area contributed by atoms with E-state index in [0.717, 1.165) is 11.1 Å². The van der Waals surface area contributed by atoms with Crippen LogP contribution in [0.4, 0.5) is 0 Å². The lowest BCUT2D eigenvalue weighted by molar-refractivity contribution is 0.0785. The maximum atomic E-state index is 12.0. The Bertz CT molecular complexity index is 630. The molecule has 21 heavy (non-hydrogen) atoms. The van der Waals surface area contributed by atoms with Gasteiger partial charge in [0.2, 0.25) is 0 Å². The van der Waals surface area contributed by atoms with Crippen LogP contribution in [0.1, 0.15) is 35.3 Å². The molecule has 0 atom stereocenters. The van der Waals surface area contributed by atoms with Crippen molar-refractivity contribution in [1.29, 1.82) is 0 Å². The zero-order valence-corrected chi connectivity index (χ0v) is 12.8. The summed E-state index contributed by atoms with van der Waals surface area (Å²) in [5.74, 6) is -0.202. The molecule has 0 bridgehead atoms. The fourth-order valence-electron chi connectivity index (χ4n) is 1.95. The van der Waals surface area contributed by atoms with Crippen LogP contribution in [0.3, 0.4) is 0 Å². The summed E-state index contributed by atoms with van der Waals surface area (Å²) in [6, 6.07) is 14.4. The third-order valence-corrected chi connectivity index (χ3v) is 3.56. The third kappa shape index (κ3) is 4.06. The van der Waals surface area contributed by atoms with Gasteiger partial charge in [-0.25, -0.2) is 0 Å². The standard InChI is InChI=1S/C17H18ClNO2/c1-17(2,21)13-9-7-12(8-10-13)11-19-16(20)14-5-3-4-6-15(14)18/h3-10,21H,11H2,1-2H3,(H,19,20). The van der Waals surface area contributed by atoms with Crippen molar-refractivity contribution >= 4 is 17.5 Å². The van der Waals surface area contributed by atoms with Gasteiger partial charge in [0.1, 0.15) is 0 Å². The van der Waals surface area contributed by atoms with Crippen molar-refractivity contribution < 1.29 is 9.90 Å². The van der Waals surface area contributed by atoms with Crippen molar-refractivity contribution in [3.8, 4) is 0 Å². The molecule has 0 aliphatic carbocycles. The molecule has 1 amide bonds. The summed E-state index contributed by atoms with van der Waals surface area (Å²) in [5.41, 5.74) is 1.40. The molecule has 0 aliphatic heterocycles. The van der Waals surface area contributed by atoms with Crippen LogP contribution in [0.5, 0.6) is 0 Å². The Morgan fingerprint density at radius 2 is 1.76 bits per heavy atom. The lowest BCUT2D eigenvalue weighted by Crippen LogP contribution is -2.23. The normalized spacial score (nSPS) is 11.2. The van der Waals surface area contributed by atoms with Crippen LogP contribution in [-0.4, -0.2) is 11.0 Å². The molecular weight excluding hydrogens is 286 g/mol. The molecule has 0 heterocycles. The van der Waals surface area contributed by atoms with Gasteiger partial charge >= 0.3 is 0 Å². The van der Waals surface area contributed by atoms with Gasteiger partial charge in [-0.3, -0.25) is 4.79 Å². The van der Waals surface area contributed by atoms with Crippen molar-refractivity contribution in [2.45, 2.75) is 26.0 Å². The number of carbonyl (C=O) groups is 1. The van der Waals surface area contributed by atoms with E-state index in [1.165, 1.54) is 0 Å². The Hall–Kier alpha value is -1.84. The zero-order valence-electron chi connectivity index (χ0n) is 12.1. The number of hydrogen-bond donors (Lipinski definition) is 2. The maximum Gasteiger partial charge on any atom is 0.253 e. The molecule has 0 aromatic heterocycles. The van der Waals surface area contributed by atoms with Gasteiger partial charge in [0, 0.05) is 6.54 Å². The second-order valence-corrected chi connectivity index (χ2v) is 5.83. The lowest BCUT2D eigenvalue weighted by atomic mass is 9.97. The predicted molar refractivity (Wildman–Crippen MR) is 84.3 cm³/mol. The molecule has 2 rings (SSSR count). The summed E-state index contributed by atoms with van der Waals surface area (Å²) in [5, 5.41) is 13.2. The van der Waals surface area contributed by atoms with Crippen LogP contribution in [0.2, 0.25) is 5.02 Å². The van der Waals surface area contributed by atoms with Crippen LogP contribution < -0.4 is 5.32 Å². The van der Waals surface area contributed by atoms with Crippen LogP contribution in [0, 0.1) is 0 Å². The number of benzene rings is 2. The largest absolute Gasteiger partial charge is 0.386 e. The molecule has 0 fully saturated rings. The van der Waals surface area contributed by atoms with Gasteiger partial charge in [-0.1, -0.05) is 48.0 Å². The molecule has 0 saturated heterocycles. The van der Waals surface area contributed by atoms with Gasteiger partial charge in [-0.15, -0.1) is 0 Å². The number of carbonyl (C=O) groups excluding carboxylic acids is 1. The molecule has 0 aliphatic rings.